The molecule has 3 heterocycles. The summed E-state index contributed by atoms with van der Waals surface area (Å²) < 4.78 is 55.2. The van der Waals surface area contributed by atoms with Crippen LogP contribution in [0.1, 0.15) is 24.2 Å². The Morgan fingerprint density at radius 1 is 0.878 bits per heavy atom. The number of fused-ring (bicyclic) bond motifs is 1. The summed E-state index contributed by atoms with van der Waals surface area (Å²) >= 11 is 0. The standard InChI is InChI=1S/C31H31F4N5O/c32-24-10-12-25(13-11-24)40-28-9-2-1-8-27(28)36-29(40)21-37-14-4-5-22(20-37)30(41)39-17-15-38(16-18-39)26-7-3-6-23(19-26)31(33,34)35/h1-3,6-13,19,22H,4-5,14-18,20-21H2/t22-/m0/s1. The van der Waals surface area contributed by atoms with E-state index in [1.54, 1.807) is 18.2 Å². The van der Waals surface area contributed by atoms with Gasteiger partial charge in [-0.3, -0.25) is 14.3 Å². The molecule has 0 radical (unpaired) electrons. The van der Waals surface area contributed by atoms with Crippen LogP contribution in [0.2, 0.25) is 0 Å². The van der Waals surface area contributed by atoms with Crippen LogP contribution in [0.4, 0.5) is 23.2 Å². The van der Waals surface area contributed by atoms with Gasteiger partial charge >= 0.3 is 6.18 Å². The van der Waals surface area contributed by atoms with Gasteiger partial charge in [0, 0.05) is 44.1 Å². The molecule has 2 aliphatic heterocycles. The van der Waals surface area contributed by atoms with Crippen LogP contribution in [0, 0.1) is 11.7 Å². The van der Waals surface area contributed by atoms with E-state index in [9.17, 15) is 22.4 Å². The molecule has 4 aromatic rings. The highest BCUT2D eigenvalue weighted by Crippen LogP contribution is 2.32. The predicted octanol–water partition coefficient (Wildman–Crippen LogP) is 5.74. The number of halogens is 4. The second-order valence-electron chi connectivity index (χ2n) is 10.8. The number of imidazole rings is 1. The lowest BCUT2D eigenvalue weighted by Crippen LogP contribution is -2.52. The van der Waals surface area contributed by atoms with Crippen LogP contribution in [-0.4, -0.2) is 64.5 Å². The SMILES string of the molecule is O=C([C@H]1CCCN(Cc2nc3ccccc3n2-c2ccc(F)cc2)C1)N1CCN(c2cccc(C(F)(F)F)c2)CC1. The first-order chi connectivity index (χ1) is 19.8. The summed E-state index contributed by atoms with van der Waals surface area (Å²) in [7, 11) is 0. The number of carbonyl (C=O) groups is 1. The molecule has 2 saturated heterocycles. The Hall–Kier alpha value is -3.92. The minimum Gasteiger partial charge on any atom is -0.368 e. The maximum atomic E-state index is 13.6. The first kappa shape index (κ1) is 27.3. The number of anilines is 1. The van der Waals surface area contributed by atoms with Gasteiger partial charge in [0.05, 0.1) is 29.1 Å². The van der Waals surface area contributed by atoms with Crippen LogP contribution < -0.4 is 4.90 Å². The predicted molar refractivity (Wildman–Crippen MR) is 149 cm³/mol. The second kappa shape index (κ2) is 11.2. The van der Waals surface area contributed by atoms with Crippen LogP contribution in [-0.2, 0) is 17.5 Å². The van der Waals surface area contributed by atoms with Gasteiger partial charge in [-0.25, -0.2) is 9.37 Å². The normalized spacial score (nSPS) is 18.7. The lowest BCUT2D eigenvalue weighted by atomic mass is 9.96. The molecule has 41 heavy (non-hydrogen) atoms. The van der Waals surface area contributed by atoms with Gasteiger partial charge in [-0.2, -0.15) is 13.2 Å². The average Bonchev–Trinajstić information content (AvgIpc) is 3.35. The third kappa shape index (κ3) is 5.79. The van der Waals surface area contributed by atoms with Crippen molar-refractivity contribution in [3.63, 3.8) is 0 Å². The summed E-state index contributed by atoms with van der Waals surface area (Å²) in [6, 6.07) is 19.6. The van der Waals surface area contributed by atoms with Gasteiger partial charge in [-0.1, -0.05) is 18.2 Å². The molecule has 214 valence electrons. The van der Waals surface area contributed by atoms with E-state index in [0.29, 0.717) is 45.0 Å². The molecule has 1 aromatic heterocycles. The summed E-state index contributed by atoms with van der Waals surface area (Å²) in [6.07, 6.45) is -2.70. The highest BCUT2D eigenvalue weighted by molar-refractivity contribution is 5.80. The summed E-state index contributed by atoms with van der Waals surface area (Å²) in [4.78, 5) is 24.4. The van der Waals surface area contributed by atoms with Crippen LogP contribution >= 0.6 is 0 Å². The number of likely N-dealkylation sites (tertiary alicyclic amines) is 1. The molecule has 6 nitrogen and oxygen atoms in total. The zero-order valence-electron chi connectivity index (χ0n) is 22.5. The Morgan fingerprint density at radius 2 is 1.63 bits per heavy atom. The first-order valence-corrected chi connectivity index (χ1v) is 13.9. The Balaban J connectivity index is 1.12. The molecule has 0 bridgehead atoms. The quantitative estimate of drug-likeness (QED) is 0.290. The Labute approximate surface area is 235 Å². The molecule has 6 rings (SSSR count). The average molecular weight is 566 g/mol. The lowest BCUT2D eigenvalue weighted by molar-refractivity contribution is -0.138. The van der Waals surface area contributed by atoms with Crippen LogP contribution in [0.5, 0.6) is 0 Å². The summed E-state index contributed by atoms with van der Waals surface area (Å²) in [5, 5.41) is 0. The minimum atomic E-state index is -4.39. The van der Waals surface area contributed by atoms with Crippen molar-refractivity contribution in [1.29, 1.82) is 0 Å². The Kier molecular flexibility index (Phi) is 7.42. The second-order valence-corrected chi connectivity index (χ2v) is 10.8. The van der Waals surface area contributed by atoms with E-state index in [1.165, 1.54) is 24.3 Å². The topological polar surface area (TPSA) is 44.6 Å². The van der Waals surface area contributed by atoms with Crippen molar-refractivity contribution in [2.24, 2.45) is 5.92 Å². The number of amides is 1. The molecule has 0 N–H and O–H groups in total. The third-order valence-electron chi connectivity index (χ3n) is 8.06. The highest BCUT2D eigenvalue weighted by atomic mass is 19.4. The fourth-order valence-corrected chi connectivity index (χ4v) is 5.98. The number of hydrogen-bond donors (Lipinski definition) is 0. The zero-order chi connectivity index (χ0) is 28.6. The van der Waals surface area contributed by atoms with Gasteiger partial charge in [0.25, 0.3) is 0 Å². The molecule has 0 spiro atoms. The maximum absolute atomic E-state index is 13.6. The molecule has 0 saturated carbocycles. The molecule has 2 fully saturated rings. The van der Waals surface area contributed by atoms with Gasteiger partial charge in [0.2, 0.25) is 5.91 Å². The van der Waals surface area contributed by atoms with Crippen molar-refractivity contribution in [1.82, 2.24) is 19.4 Å². The zero-order valence-corrected chi connectivity index (χ0v) is 22.5. The molecule has 10 heteroatoms. The number of piperazine rings is 1. The van der Waals surface area contributed by atoms with Gasteiger partial charge < -0.3 is 9.80 Å². The molecule has 1 atom stereocenters. The van der Waals surface area contributed by atoms with E-state index >= 15 is 0 Å². The maximum Gasteiger partial charge on any atom is 0.416 e. The summed E-state index contributed by atoms with van der Waals surface area (Å²) in [5.74, 6) is 0.492. The molecule has 0 aliphatic carbocycles. The molecule has 3 aromatic carbocycles. The number of aromatic nitrogens is 2. The Bertz CT molecular complexity index is 1530. The molecule has 0 unspecified atom stereocenters. The van der Waals surface area contributed by atoms with Crippen LogP contribution in [0.3, 0.4) is 0 Å². The van der Waals surface area contributed by atoms with Crippen molar-refractivity contribution in [3.8, 4) is 5.69 Å². The molecular formula is C31H31F4N5O. The fraction of sp³-hybridized carbons (Fsp3) is 0.355. The first-order valence-electron chi connectivity index (χ1n) is 13.9. The lowest BCUT2D eigenvalue weighted by Gasteiger charge is -2.39. The number of benzene rings is 3. The van der Waals surface area contributed by atoms with Gasteiger partial charge in [-0.05, 0) is 74.0 Å². The number of carbonyl (C=O) groups excluding carboxylic acids is 1. The van der Waals surface area contributed by atoms with Crippen LogP contribution in [0.15, 0.2) is 72.8 Å². The van der Waals surface area contributed by atoms with Crippen molar-refractivity contribution in [2.45, 2.75) is 25.6 Å². The smallest absolute Gasteiger partial charge is 0.368 e. The monoisotopic (exact) mass is 565 g/mol. The van der Waals surface area contributed by atoms with E-state index in [-0.39, 0.29) is 17.6 Å². The molecular weight excluding hydrogens is 534 g/mol. The highest BCUT2D eigenvalue weighted by Gasteiger charge is 2.33. The van der Waals surface area contributed by atoms with Gasteiger partial charge in [-0.15, -0.1) is 0 Å². The van der Waals surface area contributed by atoms with E-state index < -0.39 is 11.7 Å². The number of alkyl halides is 3. The summed E-state index contributed by atoms with van der Waals surface area (Å²) in [5.41, 5.74) is 2.49. The summed E-state index contributed by atoms with van der Waals surface area (Å²) in [6.45, 7) is 3.95. The number of rotatable bonds is 5. The molecule has 1 amide bonds. The van der Waals surface area contributed by atoms with Crippen molar-refractivity contribution in [3.05, 3.63) is 90.0 Å². The number of piperidine rings is 1. The Morgan fingerprint density at radius 3 is 2.39 bits per heavy atom. The van der Waals surface area contributed by atoms with E-state index in [4.69, 9.17) is 4.98 Å². The number of nitrogens with zero attached hydrogens (tertiary/aromatic N) is 5. The fourth-order valence-electron chi connectivity index (χ4n) is 5.98. The van der Waals surface area contributed by atoms with Gasteiger partial charge in [0.1, 0.15) is 11.6 Å². The van der Waals surface area contributed by atoms with Crippen LogP contribution in [0.25, 0.3) is 16.7 Å². The largest absolute Gasteiger partial charge is 0.416 e. The van der Waals surface area contributed by atoms with Crippen molar-refractivity contribution >= 4 is 22.6 Å². The van der Waals surface area contributed by atoms with Gasteiger partial charge in [0.15, 0.2) is 0 Å². The minimum absolute atomic E-state index is 0.102. The third-order valence-corrected chi connectivity index (χ3v) is 8.06. The van der Waals surface area contributed by atoms with E-state index in [2.05, 4.69) is 4.90 Å². The molecule has 2 aliphatic rings. The van der Waals surface area contributed by atoms with Crippen molar-refractivity contribution < 1.29 is 22.4 Å². The number of hydrogen-bond acceptors (Lipinski definition) is 4. The van der Waals surface area contributed by atoms with E-state index in [1.807, 2.05) is 38.6 Å². The number of para-hydroxylation sites is 2. The van der Waals surface area contributed by atoms with E-state index in [0.717, 1.165) is 48.0 Å². The van der Waals surface area contributed by atoms with Crippen molar-refractivity contribution in [2.75, 3.05) is 44.2 Å².